The molecule has 3 rings (SSSR count). The molecule has 28 heavy (non-hydrogen) atoms. The Labute approximate surface area is 166 Å². The van der Waals surface area contributed by atoms with Crippen molar-refractivity contribution in [2.75, 3.05) is 39.8 Å². The smallest absolute Gasteiger partial charge is 0.255 e. The van der Waals surface area contributed by atoms with Crippen molar-refractivity contribution in [1.29, 1.82) is 0 Å². The summed E-state index contributed by atoms with van der Waals surface area (Å²) in [5.74, 6) is 0.165. The van der Waals surface area contributed by atoms with Crippen LogP contribution in [0.3, 0.4) is 0 Å². The number of aromatic hydroxyl groups is 1. The van der Waals surface area contributed by atoms with E-state index >= 15 is 0 Å². The van der Waals surface area contributed by atoms with Crippen molar-refractivity contribution in [2.24, 2.45) is 0 Å². The van der Waals surface area contributed by atoms with Gasteiger partial charge in [0.2, 0.25) is 0 Å². The Balaban J connectivity index is 1.63. The molecule has 2 aromatic carbocycles. The maximum atomic E-state index is 12.5. The largest absolute Gasteiger partial charge is 0.507 e. The van der Waals surface area contributed by atoms with Gasteiger partial charge >= 0.3 is 0 Å². The van der Waals surface area contributed by atoms with E-state index in [1.54, 1.807) is 12.1 Å². The summed E-state index contributed by atoms with van der Waals surface area (Å²) in [6.07, 6.45) is 0. The molecule has 6 nitrogen and oxygen atoms in total. The molecule has 2 N–H and O–H groups in total. The normalized spacial score (nSPS) is 15.4. The molecule has 150 valence electrons. The maximum Gasteiger partial charge on any atom is 0.255 e. The van der Waals surface area contributed by atoms with Crippen LogP contribution in [0.5, 0.6) is 11.5 Å². The summed E-state index contributed by atoms with van der Waals surface area (Å²) in [6, 6.07) is 12.8. The fourth-order valence-corrected chi connectivity index (χ4v) is 3.48. The number of hydrogen-bond acceptors (Lipinski definition) is 5. The molecule has 0 aliphatic carbocycles. The number of benzene rings is 2. The SMILES string of the molecule is CCN1CCN(Cc2ccccc2CNC(=O)c2cc(OC)ccc2O)CC1. The van der Waals surface area contributed by atoms with Crippen LogP contribution in [-0.2, 0) is 13.1 Å². The Hall–Kier alpha value is -2.57. The Kier molecular flexibility index (Phi) is 6.90. The van der Waals surface area contributed by atoms with E-state index in [1.807, 2.05) is 18.2 Å². The number of amides is 1. The molecule has 0 saturated carbocycles. The second kappa shape index (κ2) is 9.57. The number of nitrogens with one attached hydrogen (secondary N) is 1. The molecule has 0 spiro atoms. The highest BCUT2D eigenvalue weighted by atomic mass is 16.5. The lowest BCUT2D eigenvalue weighted by Gasteiger charge is -2.34. The third-order valence-corrected chi connectivity index (χ3v) is 5.31. The molecular formula is C22H29N3O3. The number of carbonyl (C=O) groups excluding carboxylic acids is 1. The van der Waals surface area contributed by atoms with Gasteiger partial charge < -0.3 is 20.1 Å². The lowest BCUT2D eigenvalue weighted by Crippen LogP contribution is -2.45. The first kappa shape index (κ1) is 20.2. The van der Waals surface area contributed by atoms with Crippen LogP contribution in [0.25, 0.3) is 0 Å². The van der Waals surface area contributed by atoms with Gasteiger partial charge in [-0.3, -0.25) is 9.69 Å². The number of hydrogen-bond donors (Lipinski definition) is 2. The number of phenolic OH excluding ortho intramolecular Hbond substituents is 1. The molecule has 0 aromatic heterocycles. The molecule has 1 aliphatic heterocycles. The summed E-state index contributed by atoms with van der Waals surface area (Å²) >= 11 is 0. The van der Waals surface area contributed by atoms with Gasteiger partial charge in [-0.2, -0.15) is 0 Å². The summed E-state index contributed by atoms with van der Waals surface area (Å²) in [5.41, 5.74) is 2.53. The Bertz CT molecular complexity index is 801. The molecule has 1 amide bonds. The number of phenols is 1. The third-order valence-electron chi connectivity index (χ3n) is 5.31. The highest BCUT2D eigenvalue weighted by molar-refractivity contribution is 5.97. The topological polar surface area (TPSA) is 65.0 Å². The quantitative estimate of drug-likeness (QED) is 0.769. The standard InChI is InChI=1S/C22H29N3O3/c1-3-24-10-12-25(13-11-24)16-18-7-5-4-6-17(18)15-23-22(27)20-14-19(28-2)8-9-21(20)26/h4-9,14,26H,3,10-13,15-16H2,1-2H3,(H,23,27). The van der Waals surface area contributed by atoms with Crippen LogP contribution in [-0.4, -0.2) is 60.6 Å². The van der Waals surface area contributed by atoms with Gasteiger partial charge in [-0.05, 0) is 35.9 Å². The van der Waals surface area contributed by atoms with Crippen LogP contribution >= 0.6 is 0 Å². The van der Waals surface area contributed by atoms with E-state index in [-0.39, 0.29) is 17.2 Å². The van der Waals surface area contributed by atoms with Gasteiger partial charge in [0.1, 0.15) is 11.5 Å². The summed E-state index contributed by atoms with van der Waals surface area (Å²) < 4.78 is 5.14. The lowest BCUT2D eigenvalue weighted by atomic mass is 10.1. The van der Waals surface area contributed by atoms with E-state index in [2.05, 4.69) is 28.1 Å². The Morgan fingerprint density at radius 2 is 1.75 bits per heavy atom. The highest BCUT2D eigenvalue weighted by Crippen LogP contribution is 2.23. The van der Waals surface area contributed by atoms with Gasteiger partial charge in [-0.1, -0.05) is 31.2 Å². The van der Waals surface area contributed by atoms with Crippen molar-refractivity contribution in [3.05, 3.63) is 59.2 Å². The lowest BCUT2D eigenvalue weighted by molar-refractivity contribution is 0.0947. The number of nitrogens with zero attached hydrogens (tertiary/aromatic N) is 2. The number of rotatable bonds is 7. The van der Waals surface area contributed by atoms with Crippen molar-refractivity contribution in [3.63, 3.8) is 0 Å². The first-order valence-electron chi connectivity index (χ1n) is 9.77. The van der Waals surface area contributed by atoms with Crippen LogP contribution in [0.2, 0.25) is 0 Å². The molecule has 1 aliphatic rings. The summed E-state index contributed by atoms with van der Waals surface area (Å²) in [5, 5.41) is 12.9. The first-order chi connectivity index (χ1) is 13.6. The Morgan fingerprint density at radius 3 is 2.43 bits per heavy atom. The van der Waals surface area contributed by atoms with Crippen molar-refractivity contribution >= 4 is 5.91 Å². The minimum atomic E-state index is -0.317. The van der Waals surface area contributed by atoms with Gasteiger partial charge in [-0.15, -0.1) is 0 Å². The predicted molar refractivity (Wildman–Crippen MR) is 110 cm³/mol. The van der Waals surface area contributed by atoms with Crippen LogP contribution in [0.1, 0.15) is 28.4 Å². The van der Waals surface area contributed by atoms with Gasteiger partial charge in [0.05, 0.1) is 12.7 Å². The van der Waals surface area contributed by atoms with Crippen molar-refractivity contribution in [3.8, 4) is 11.5 Å². The minimum Gasteiger partial charge on any atom is -0.507 e. The van der Waals surface area contributed by atoms with Crippen molar-refractivity contribution in [1.82, 2.24) is 15.1 Å². The van der Waals surface area contributed by atoms with E-state index in [4.69, 9.17) is 4.74 Å². The number of likely N-dealkylation sites (N-methyl/N-ethyl adjacent to an activating group) is 1. The summed E-state index contributed by atoms with van der Waals surface area (Å²) in [4.78, 5) is 17.5. The van der Waals surface area contributed by atoms with Gasteiger partial charge in [0.15, 0.2) is 0 Å². The zero-order valence-electron chi connectivity index (χ0n) is 16.6. The highest BCUT2D eigenvalue weighted by Gasteiger charge is 2.17. The minimum absolute atomic E-state index is 0.0552. The van der Waals surface area contributed by atoms with Crippen LogP contribution < -0.4 is 10.1 Å². The summed E-state index contributed by atoms with van der Waals surface area (Å²) in [6.45, 7) is 8.93. The second-order valence-electron chi connectivity index (χ2n) is 7.04. The fraction of sp³-hybridized carbons (Fsp3) is 0.409. The zero-order chi connectivity index (χ0) is 19.9. The van der Waals surface area contributed by atoms with E-state index in [0.29, 0.717) is 12.3 Å². The number of ether oxygens (including phenoxy) is 1. The Morgan fingerprint density at radius 1 is 1.07 bits per heavy atom. The average molecular weight is 383 g/mol. The average Bonchev–Trinajstić information content (AvgIpc) is 2.74. The molecule has 2 aromatic rings. The molecule has 1 heterocycles. The van der Waals surface area contributed by atoms with Crippen LogP contribution in [0, 0.1) is 0 Å². The monoisotopic (exact) mass is 383 g/mol. The maximum absolute atomic E-state index is 12.5. The number of piperazine rings is 1. The third kappa shape index (κ3) is 5.03. The van der Waals surface area contributed by atoms with E-state index in [1.165, 1.54) is 18.7 Å². The summed E-state index contributed by atoms with van der Waals surface area (Å²) in [7, 11) is 1.53. The van der Waals surface area contributed by atoms with E-state index < -0.39 is 0 Å². The van der Waals surface area contributed by atoms with Gasteiger partial charge in [0, 0.05) is 39.3 Å². The molecule has 6 heteroatoms. The van der Waals surface area contributed by atoms with Crippen LogP contribution in [0.15, 0.2) is 42.5 Å². The molecular weight excluding hydrogens is 354 g/mol. The van der Waals surface area contributed by atoms with Gasteiger partial charge in [-0.25, -0.2) is 0 Å². The predicted octanol–water partition coefficient (Wildman–Crippen LogP) is 2.47. The van der Waals surface area contributed by atoms with Crippen LogP contribution in [0.4, 0.5) is 0 Å². The van der Waals surface area contributed by atoms with E-state index in [9.17, 15) is 9.90 Å². The van der Waals surface area contributed by atoms with E-state index in [0.717, 1.165) is 44.8 Å². The van der Waals surface area contributed by atoms with Crippen molar-refractivity contribution < 1.29 is 14.6 Å². The number of carbonyl (C=O) groups is 1. The number of methoxy groups -OCH3 is 1. The second-order valence-corrected chi connectivity index (χ2v) is 7.04. The molecule has 1 fully saturated rings. The molecule has 0 radical (unpaired) electrons. The fourth-order valence-electron chi connectivity index (χ4n) is 3.48. The molecule has 0 unspecified atom stereocenters. The van der Waals surface area contributed by atoms with Crippen molar-refractivity contribution in [2.45, 2.75) is 20.0 Å². The molecule has 0 bridgehead atoms. The first-order valence-corrected chi connectivity index (χ1v) is 9.77. The van der Waals surface area contributed by atoms with Gasteiger partial charge in [0.25, 0.3) is 5.91 Å². The molecule has 0 atom stereocenters. The molecule has 1 saturated heterocycles. The zero-order valence-corrected chi connectivity index (χ0v) is 16.6.